The van der Waals surface area contributed by atoms with Crippen molar-refractivity contribution >= 4 is 5.65 Å². The summed E-state index contributed by atoms with van der Waals surface area (Å²) in [5.74, 6) is 0.990. The van der Waals surface area contributed by atoms with Crippen molar-refractivity contribution in [3.05, 3.63) is 53.5 Å². The molecule has 2 aromatic heterocycles. The second-order valence-electron chi connectivity index (χ2n) is 7.99. The van der Waals surface area contributed by atoms with Crippen LogP contribution in [0.15, 0.2) is 30.5 Å². The van der Waals surface area contributed by atoms with E-state index in [-0.39, 0.29) is 12.4 Å². The predicted octanol–water partition coefficient (Wildman–Crippen LogP) is 4.50. The van der Waals surface area contributed by atoms with Gasteiger partial charge >= 0.3 is 0 Å². The summed E-state index contributed by atoms with van der Waals surface area (Å²) < 4.78 is 40.6. The number of rotatable bonds is 7. The van der Waals surface area contributed by atoms with Gasteiger partial charge in [0.25, 0.3) is 0 Å². The number of benzene rings is 1. The third kappa shape index (κ3) is 3.93. The first-order valence-corrected chi connectivity index (χ1v) is 9.42. The van der Waals surface area contributed by atoms with Crippen molar-refractivity contribution in [1.29, 1.82) is 0 Å². The standard InChI is InChI=1S/C21H23F2N3O2/c1-13-17(8-9-26-19(10-14-4-5-14)24-25-20(13)26)27-12-21(2,3)28-18-7-6-15(22)11-16(18)23/h6-9,11,14H,4-5,10,12H2,1-3H3. The van der Waals surface area contributed by atoms with E-state index in [0.717, 1.165) is 41.5 Å². The van der Waals surface area contributed by atoms with Gasteiger partial charge in [-0.3, -0.25) is 4.40 Å². The molecule has 7 heteroatoms. The molecule has 1 aliphatic carbocycles. The molecular formula is C21H23F2N3O2. The highest BCUT2D eigenvalue weighted by atomic mass is 19.1. The lowest BCUT2D eigenvalue weighted by Gasteiger charge is -2.27. The Morgan fingerprint density at radius 2 is 1.93 bits per heavy atom. The highest BCUT2D eigenvalue weighted by molar-refractivity contribution is 5.54. The Kier molecular flexibility index (Phi) is 4.69. The Morgan fingerprint density at radius 3 is 2.64 bits per heavy atom. The van der Waals surface area contributed by atoms with Gasteiger partial charge in [-0.05, 0) is 57.7 Å². The molecule has 0 bridgehead atoms. The van der Waals surface area contributed by atoms with Crippen molar-refractivity contribution in [1.82, 2.24) is 14.6 Å². The molecule has 4 rings (SSSR count). The first-order valence-electron chi connectivity index (χ1n) is 9.42. The third-order valence-corrected chi connectivity index (χ3v) is 4.87. The summed E-state index contributed by atoms with van der Waals surface area (Å²) in [5.41, 5.74) is 0.847. The van der Waals surface area contributed by atoms with Crippen LogP contribution >= 0.6 is 0 Å². The van der Waals surface area contributed by atoms with Crippen LogP contribution < -0.4 is 9.47 Å². The van der Waals surface area contributed by atoms with Crippen LogP contribution in [0.5, 0.6) is 11.5 Å². The van der Waals surface area contributed by atoms with E-state index in [1.54, 1.807) is 13.8 Å². The van der Waals surface area contributed by atoms with Crippen LogP contribution in [0.3, 0.4) is 0 Å². The van der Waals surface area contributed by atoms with Gasteiger partial charge in [0.2, 0.25) is 0 Å². The minimum atomic E-state index is -0.817. The summed E-state index contributed by atoms with van der Waals surface area (Å²) in [6.07, 6.45) is 5.39. The zero-order chi connectivity index (χ0) is 19.9. The maximum Gasteiger partial charge on any atom is 0.168 e. The number of halogens is 2. The van der Waals surface area contributed by atoms with Crippen molar-refractivity contribution < 1.29 is 18.3 Å². The first kappa shape index (κ1) is 18.7. The number of nitrogens with zero attached hydrogens (tertiary/aromatic N) is 3. The van der Waals surface area contributed by atoms with Crippen molar-refractivity contribution in [2.75, 3.05) is 6.61 Å². The molecule has 1 aromatic carbocycles. The fraction of sp³-hybridized carbons (Fsp3) is 0.429. The Balaban J connectivity index is 1.47. The fourth-order valence-electron chi connectivity index (χ4n) is 3.13. The van der Waals surface area contributed by atoms with Gasteiger partial charge in [-0.15, -0.1) is 10.2 Å². The van der Waals surface area contributed by atoms with Gasteiger partial charge < -0.3 is 9.47 Å². The Morgan fingerprint density at radius 1 is 1.14 bits per heavy atom. The number of pyridine rings is 1. The largest absolute Gasteiger partial charge is 0.489 e. The lowest BCUT2D eigenvalue weighted by atomic mass is 10.1. The van der Waals surface area contributed by atoms with E-state index in [1.165, 1.54) is 18.9 Å². The predicted molar refractivity (Wildman–Crippen MR) is 101 cm³/mol. The molecule has 1 saturated carbocycles. The second-order valence-corrected chi connectivity index (χ2v) is 7.99. The number of fused-ring (bicyclic) bond motifs is 1. The van der Waals surface area contributed by atoms with Crippen molar-refractivity contribution in [2.45, 2.75) is 45.6 Å². The van der Waals surface area contributed by atoms with Crippen molar-refractivity contribution in [3.63, 3.8) is 0 Å². The Bertz CT molecular complexity index is 1010. The van der Waals surface area contributed by atoms with E-state index in [9.17, 15) is 8.78 Å². The van der Waals surface area contributed by atoms with Crippen molar-refractivity contribution in [2.24, 2.45) is 5.92 Å². The molecule has 28 heavy (non-hydrogen) atoms. The lowest BCUT2D eigenvalue weighted by molar-refractivity contribution is 0.0481. The molecule has 0 saturated heterocycles. The van der Waals surface area contributed by atoms with E-state index in [4.69, 9.17) is 9.47 Å². The van der Waals surface area contributed by atoms with Crippen LogP contribution in [0.2, 0.25) is 0 Å². The summed E-state index contributed by atoms with van der Waals surface area (Å²) >= 11 is 0. The molecule has 0 unspecified atom stereocenters. The molecule has 5 nitrogen and oxygen atoms in total. The molecular weight excluding hydrogens is 364 g/mol. The quantitative estimate of drug-likeness (QED) is 0.599. The van der Waals surface area contributed by atoms with E-state index >= 15 is 0 Å². The van der Waals surface area contributed by atoms with Gasteiger partial charge in [0, 0.05) is 24.2 Å². The summed E-state index contributed by atoms with van der Waals surface area (Å²) in [6.45, 7) is 5.70. The first-order chi connectivity index (χ1) is 13.3. The topological polar surface area (TPSA) is 48.7 Å². The van der Waals surface area contributed by atoms with Gasteiger partial charge in [0.05, 0.1) is 0 Å². The average molecular weight is 387 g/mol. The number of aromatic nitrogens is 3. The second kappa shape index (κ2) is 7.04. The smallest absolute Gasteiger partial charge is 0.168 e. The van der Waals surface area contributed by atoms with Crippen LogP contribution in [-0.4, -0.2) is 26.8 Å². The van der Waals surface area contributed by atoms with Gasteiger partial charge in [-0.1, -0.05) is 0 Å². The Labute approximate surface area is 162 Å². The fourth-order valence-corrected chi connectivity index (χ4v) is 3.13. The molecule has 1 aliphatic rings. The molecule has 0 aliphatic heterocycles. The minimum absolute atomic E-state index is 0.00986. The molecule has 0 atom stereocenters. The molecule has 148 valence electrons. The average Bonchev–Trinajstić information content (AvgIpc) is 3.36. The van der Waals surface area contributed by atoms with Gasteiger partial charge in [0.1, 0.15) is 29.6 Å². The van der Waals surface area contributed by atoms with E-state index in [2.05, 4.69) is 10.2 Å². The molecule has 1 fully saturated rings. The van der Waals surface area contributed by atoms with E-state index in [1.807, 2.05) is 23.6 Å². The highest BCUT2D eigenvalue weighted by Gasteiger charge is 2.26. The van der Waals surface area contributed by atoms with Crippen LogP contribution in [0.25, 0.3) is 5.65 Å². The molecule has 3 aromatic rings. The lowest BCUT2D eigenvalue weighted by Crippen LogP contribution is -2.36. The zero-order valence-corrected chi connectivity index (χ0v) is 16.2. The Hall–Kier alpha value is -2.70. The van der Waals surface area contributed by atoms with Crippen LogP contribution in [0.1, 0.15) is 38.1 Å². The molecule has 0 N–H and O–H groups in total. The van der Waals surface area contributed by atoms with E-state index < -0.39 is 17.2 Å². The number of hydrogen-bond acceptors (Lipinski definition) is 4. The van der Waals surface area contributed by atoms with Gasteiger partial charge in [-0.2, -0.15) is 0 Å². The maximum absolute atomic E-state index is 13.9. The minimum Gasteiger partial charge on any atom is -0.489 e. The normalized spacial score (nSPS) is 14.5. The van der Waals surface area contributed by atoms with E-state index in [0.29, 0.717) is 5.75 Å². The van der Waals surface area contributed by atoms with Crippen molar-refractivity contribution in [3.8, 4) is 11.5 Å². The number of ether oxygens (including phenoxy) is 2. The molecule has 0 spiro atoms. The van der Waals surface area contributed by atoms with Crippen LogP contribution in [0.4, 0.5) is 8.78 Å². The summed E-state index contributed by atoms with van der Waals surface area (Å²) in [5, 5.41) is 8.63. The molecule has 2 heterocycles. The zero-order valence-electron chi connectivity index (χ0n) is 16.2. The third-order valence-electron chi connectivity index (χ3n) is 4.87. The summed E-state index contributed by atoms with van der Waals surface area (Å²) in [4.78, 5) is 0. The highest BCUT2D eigenvalue weighted by Crippen LogP contribution is 2.33. The van der Waals surface area contributed by atoms with Crippen LogP contribution in [0, 0.1) is 24.5 Å². The summed E-state index contributed by atoms with van der Waals surface area (Å²) in [6, 6.07) is 5.13. The summed E-state index contributed by atoms with van der Waals surface area (Å²) in [7, 11) is 0. The monoisotopic (exact) mass is 387 g/mol. The molecule has 0 amide bonds. The molecule has 0 radical (unpaired) electrons. The van der Waals surface area contributed by atoms with Gasteiger partial charge in [0.15, 0.2) is 17.2 Å². The SMILES string of the molecule is Cc1c(OCC(C)(C)Oc2ccc(F)cc2F)ccn2c(CC3CC3)nnc12. The number of hydrogen-bond donors (Lipinski definition) is 0. The number of aryl methyl sites for hydroxylation is 1. The van der Waals surface area contributed by atoms with Crippen LogP contribution in [-0.2, 0) is 6.42 Å². The maximum atomic E-state index is 13.9. The van der Waals surface area contributed by atoms with Gasteiger partial charge in [-0.25, -0.2) is 8.78 Å².